The molecule has 90 valence electrons. The molecule has 15 heavy (non-hydrogen) atoms. The highest BCUT2D eigenvalue weighted by Crippen LogP contribution is 2.52. The Morgan fingerprint density at radius 1 is 1.33 bits per heavy atom. The van der Waals surface area contributed by atoms with E-state index in [2.05, 4.69) is 34.6 Å². The van der Waals surface area contributed by atoms with Crippen LogP contribution >= 0.6 is 0 Å². The summed E-state index contributed by atoms with van der Waals surface area (Å²) in [6, 6.07) is 0. The van der Waals surface area contributed by atoms with Crippen molar-refractivity contribution in [2.75, 3.05) is 0 Å². The van der Waals surface area contributed by atoms with Gasteiger partial charge in [0.2, 0.25) is 0 Å². The molecule has 0 spiro atoms. The zero-order valence-electron chi connectivity index (χ0n) is 11.1. The van der Waals surface area contributed by atoms with Gasteiger partial charge in [0, 0.05) is 0 Å². The van der Waals surface area contributed by atoms with Crippen LogP contribution < -0.4 is 0 Å². The highest BCUT2D eigenvalue weighted by molar-refractivity contribution is 5.00. The molecule has 1 heteroatoms. The standard InChI is InChI=1S/C14H28O/c1-6-14(15,7-2)13(5)9-8-12(10-13)11(3)4/h11-12,15H,6-10H2,1-5H3/t12?,13-/m1/s1. The van der Waals surface area contributed by atoms with Crippen molar-refractivity contribution in [3.05, 3.63) is 0 Å². The summed E-state index contributed by atoms with van der Waals surface area (Å²) in [5, 5.41) is 10.7. The Kier molecular flexibility index (Phi) is 3.86. The summed E-state index contributed by atoms with van der Waals surface area (Å²) in [5.74, 6) is 1.59. The van der Waals surface area contributed by atoms with Gasteiger partial charge in [0.1, 0.15) is 0 Å². The van der Waals surface area contributed by atoms with Crippen molar-refractivity contribution in [3.63, 3.8) is 0 Å². The van der Waals surface area contributed by atoms with E-state index < -0.39 is 5.60 Å². The first-order valence-electron chi connectivity index (χ1n) is 6.61. The zero-order valence-corrected chi connectivity index (χ0v) is 11.1. The van der Waals surface area contributed by atoms with Crippen LogP contribution in [-0.2, 0) is 0 Å². The van der Waals surface area contributed by atoms with Crippen molar-refractivity contribution >= 4 is 0 Å². The topological polar surface area (TPSA) is 20.2 Å². The largest absolute Gasteiger partial charge is 0.389 e. The van der Waals surface area contributed by atoms with Gasteiger partial charge >= 0.3 is 0 Å². The highest BCUT2D eigenvalue weighted by atomic mass is 16.3. The summed E-state index contributed by atoms with van der Waals surface area (Å²) < 4.78 is 0. The molecule has 0 saturated heterocycles. The summed E-state index contributed by atoms with van der Waals surface area (Å²) in [6.07, 6.45) is 5.50. The van der Waals surface area contributed by atoms with E-state index in [1.807, 2.05) is 0 Å². The molecular formula is C14H28O. The van der Waals surface area contributed by atoms with Gasteiger partial charge in [0.05, 0.1) is 5.60 Å². The van der Waals surface area contributed by atoms with Crippen molar-refractivity contribution < 1.29 is 5.11 Å². The second kappa shape index (κ2) is 4.45. The first kappa shape index (κ1) is 13.0. The van der Waals surface area contributed by atoms with Crippen LogP contribution in [0.5, 0.6) is 0 Å². The summed E-state index contributed by atoms with van der Waals surface area (Å²) >= 11 is 0. The number of hydrogen-bond acceptors (Lipinski definition) is 1. The van der Waals surface area contributed by atoms with Crippen LogP contribution in [0.3, 0.4) is 0 Å². The SMILES string of the molecule is CCC(O)(CC)[C@]1(C)CCC(C(C)C)C1. The Morgan fingerprint density at radius 2 is 1.87 bits per heavy atom. The van der Waals surface area contributed by atoms with Gasteiger partial charge in [-0.2, -0.15) is 0 Å². The molecule has 2 atom stereocenters. The van der Waals surface area contributed by atoms with Crippen molar-refractivity contribution in [3.8, 4) is 0 Å². The quantitative estimate of drug-likeness (QED) is 0.747. The average molecular weight is 212 g/mol. The van der Waals surface area contributed by atoms with Crippen LogP contribution in [0.2, 0.25) is 0 Å². The third-order valence-corrected chi connectivity index (χ3v) is 5.02. The van der Waals surface area contributed by atoms with Crippen LogP contribution in [0.4, 0.5) is 0 Å². The van der Waals surface area contributed by atoms with Crippen molar-refractivity contribution in [2.24, 2.45) is 17.3 Å². The minimum atomic E-state index is -0.434. The summed E-state index contributed by atoms with van der Waals surface area (Å²) in [6.45, 7) is 11.2. The van der Waals surface area contributed by atoms with Crippen LogP contribution in [0, 0.1) is 17.3 Å². The summed E-state index contributed by atoms with van der Waals surface area (Å²) in [7, 11) is 0. The summed E-state index contributed by atoms with van der Waals surface area (Å²) in [5.41, 5.74) is -0.276. The third-order valence-electron chi connectivity index (χ3n) is 5.02. The number of hydrogen-bond donors (Lipinski definition) is 1. The molecule has 0 aromatic heterocycles. The fourth-order valence-corrected chi connectivity index (χ4v) is 3.38. The Bertz CT molecular complexity index is 205. The molecule has 1 N–H and O–H groups in total. The van der Waals surface area contributed by atoms with Gasteiger partial charge in [-0.1, -0.05) is 34.6 Å². The molecule has 0 heterocycles. The van der Waals surface area contributed by atoms with E-state index in [-0.39, 0.29) is 5.41 Å². The minimum absolute atomic E-state index is 0.158. The summed E-state index contributed by atoms with van der Waals surface area (Å²) in [4.78, 5) is 0. The molecular weight excluding hydrogens is 184 g/mol. The minimum Gasteiger partial charge on any atom is -0.389 e. The Labute approximate surface area is 95.3 Å². The molecule has 1 rings (SSSR count). The molecule has 0 aliphatic heterocycles. The van der Waals surface area contributed by atoms with Gasteiger partial charge in [-0.05, 0) is 49.4 Å². The van der Waals surface area contributed by atoms with E-state index in [0.717, 1.165) is 24.7 Å². The van der Waals surface area contributed by atoms with Crippen LogP contribution in [-0.4, -0.2) is 10.7 Å². The molecule has 1 fully saturated rings. The monoisotopic (exact) mass is 212 g/mol. The first-order valence-corrected chi connectivity index (χ1v) is 6.61. The fourth-order valence-electron chi connectivity index (χ4n) is 3.38. The smallest absolute Gasteiger partial charge is 0.0695 e. The predicted molar refractivity (Wildman–Crippen MR) is 65.8 cm³/mol. The maximum Gasteiger partial charge on any atom is 0.0695 e. The van der Waals surface area contributed by atoms with Gasteiger partial charge in [0.15, 0.2) is 0 Å². The fraction of sp³-hybridized carbons (Fsp3) is 1.00. The van der Waals surface area contributed by atoms with Gasteiger partial charge in [-0.25, -0.2) is 0 Å². The van der Waals surface area contributed by atoms with Crippen LogP contribution in [0.15, 0.2) is 0 Å². The lowest BCUT2D eigenvalue weighted by atomic mass is 9.68. The lowest BCUT2D eigenvalue weighted by Gasteiger charge is -2.42. The molecule has 0 aromatic carbocycles. The van der Waals surface area contributed by atoms with E-state index in [4.69, 9.17) is 0 Å². The lowest BCUT2D eigenvalue weighted by Crippen LogP contribution is -2.44. The van der Waals surface area contributed by atoms with E-state index in [1.54, 1.807) is 0 Å². The van der Waals surface area contributed by atoms with E-state index in [1.165, 1.54) is 19.3 Å². The Balaban J connectivity index is 2.77. The molecule has 1 saturated carbocycles. The number of aliphatic hydroxyl groups is 1. The maximum absolute atomic E-state index is 10.7. The second-order valence-electron chi connectivity index (χ2n) is 6.05. The van der Waals surface area contributed by atoms with E-state index in [9.17, 15) is 5.11 Å². The molecule has 0 bridgehead atoms. The molecule has 0 amide bonds. The zero-order chi connectivity index (χ0) is 11.7. The third kappa shape index (κ3) is 2.22. The molecule has 1 aliphatic rings. The van der Waals surface area contributed by atoms with Crippen LogP contribution in [0.25, 0.3) is 0 Å². The second-order valence-corrected chi connectivity index (χ2v) is 6.05. The van der Waals surface area contributed by atoms with Gasteiger partial charge in [-0.15, -0.1) is 0 Å². The van der Waals surface area contributed by atoms with E-state index in [0.29, 0.717) is 0 Å². The maximum atomic E-state index is 10.7. The molecule has 0 aromatic rings. The Hall–Kier alpha value is -0.0400. The highest BCUT2D eigenvalue weighted by Gasteiger charge is 2.48. The Morgan fingerprint density at radius 3 is 2.20 bits per heavy atom. The van der Waals surface area contributed by atoms with Gasteiger partial charge in [-0.3, -0.25) is 0 Å². The average Bonchev–Trinajstić information content (AvgIpc) is 2.61. The molecule has 1 unspecified atom stereocenters. The van der Waals surface area contributed by atoms with Crippen molar-refractivity contribution in [1.82, 2.24) is 0 Å². The number of rotatable bonds is 4. The normalized spacial score (nSPS) is 32.6. The van der Waals surface area contributed by atoms with Crippen molar-refractivity contribution in [2.45, 2.75) is 72.3 Å². The molecule has 1 nitrogen and oxygen atoms in total. The van der Waals surface area contributed by atoms with E-state index >= 15 is 0 Å². The van der Waals surface area contributed by atoms with Gasteiger partial charge in [0.25, 0.3) is 0 Å². The first-order chi connectivity index (χ1) is 6.88. The lowest BCUT2D eigenvalue weighted by molar-refractivity contribution is -0.0817. The van der Waals surface area contributed by atoms with Gasteiger partial charge < -0.3 is 5.11 Å². The van der Waals surface area contributed by atoms with Crippen LogP contribution in [0.1, 0.15) is 66.7 Å². The predicted octanol–water partition coefficient (Wildman–Crippen LogP) is 4.00. The molecule has 1 aliphatic carbocycles. The molecule has 0 radical (unpaired) electrons. The van der Waals surface area contributed by atoms with Crippen molar-refractivity contribution in [1.29, 1.82) is 0 Å².